The highest BCUT2D eigenvalue weighted by atomic mass is 16.6. The van der Waals surface area contributed by atoms with Gasteiger partial charge < -0.3 is 19.0 Å². The Balaban J connectivity index is 2.28. The van der Waals surface area contributed by atoms with Gasteiger partial charge in [0.05, 0.1) is 30.7 Å². The Morgan fingerprint density at radius 2 is 1.93 bits per heavy atom. The smallest absolute Gasteiger partial charge is 0.341 e. The van der Waals surface area contributed by atoms with Crippen LogP contribution >= 0.6 is 0 Å². The van der Waals surface area contributed by atoms with E-state index in [1.807, 2.05) is 25.9 Å². The Morgan fingerprint density at radius 1 is 1.27 bits per heavy atom. The summed E-state index contributed by atoms with van der Waals surface area (Å²) in [6.45, 7) is 11.7. The molecule has 30 heavy (non-hydrogen) atoms. The molecule has 2 aliphatic heterocycles. The Labute approximate surface area is 176 Å². The highest BCUT2D eigenvalue weighted by Crippen LogP contribution is 2.41. The van der Waals surface area contributed by atoms with E-state index in [2.05, 4.69) is 13.2 Å². The first kappa shape index (κ1) is 22.1. The summed E-state index contributed by atoms with van der Waals surface area (Å²) in [7, 11) is 5.00. The first-order chi connectivity index (χ1) is 14.1. The molecule has 1 saturated heterocycles. The van der Waals surface area contributed by atoms with Crippen LogP contribution in [-0.4, -0.2) is 61.4 Å². The van der Waals surface area contributed by atoms with Crippen molar-refractivity contribution in [1.82, 2.24) is 4.90 Å². The molecule has 162 valence electrons. The maximum Gasteiger partial charge on any atom is 0.341 e. The molecule has 0 radical (unpaired) electrons. The molecule has 1 N–H and O–H groups in total. The number of nitrogens with zero attached hydrogens (tertiary/aromatic N) is 1. The van der Waals surface area contributed by atoms with Crippen LogP contribution in [0.5, 0.6) is 0 Å². The van der Waals surface area contributed by atoms with E-state index in [0.29, 0.717) is 22.7 Å². The van der Waals surface area contributed by atoms with Crippen molar-refractivity contribution >= 4 is 11.9 Å². The van der Waals surface area contributed by atoms with Gasteiger partial charge >= 0.3 is 11.9 Å². The molecule has 2 aliphatic rings. The number of hydrogen-bond acceptors (Lipinski definition) is 7. The Bertz CT molecular complexity index is 924. The average Bonchev–Trinajstić information content (AvgIpc) is 3.19. The molecule has 0 spiro atoms. The van der Waals surface area contributed by atoms with E-state index < -0.39 is 42.0 Å². The predicted octanol–water partition coefficient (Wildman–Crippen LogP) is 2.62. The topological polar surface area (TPSA) is 89.2 Å². The van der Waals surface area contributed by atoms with Crippen molar-refractivity contribution in [2.24, 2.45) is 5.92 Å². The molecule has 0 aromatic carbocycles. The van der Waals surface area contributed by atoms with Crippen molar-refractivity contribution in [1.29, 1.82) is 0 Å². The third kappa shape index (κ3) is 3.75. The van der Waals surface area contributed by atoms with Crippen LogP contribution in [0.4, 0.5) is 0 Å². The fourth-order valence-electron chi connectivity index (χ4n) is 4.35. The molecule has 5 atom stereocenters. The zero-order chi connectivity index (χ0) is 22.3. The standard InChI is InChI=1S/C23H29NO6/c1-11(2)13-9-17-14(22(26)28-7)10-18(29-17)19(12(3)4)21-20(24(5)6)15(8-16(13)25)23(27)30-21/h8,10,13,16,19-21,25H,1,3,9H2,2,4-7H3/b15-8-/t13-,16+,19+,20+,21+/m1/s1. The number of fused-ring (bicyclic) bond motifs is 4. The molecule has 3 rings (SSSR count). The van der Waals surface area contributed by atoms with Crippen molar-refractivity contribution in [3.8, 4) is 0 Å². The number of likely N-dealkylation sites (N-methyl/N-ethyl adjacent to an activating group) is 1. The van der Waals surface area contributed by atoms with E-state index in [-0.39, 0.29) is 12.0 Å². The van der Waals surface area contributed by atoms with Gasteiger partial charge in [0.1, 0.15) is 23.2 Å². The van der Waals surface area contributed by atoms with Crippen molar-refractivity contribution in [2.75, 3.05) is 21.2 Å². The van der Waals surface area contributed by atoms with Gasteiger partial charge in [-0.25, -0.2) is 9.59 Å². The summed E-state index contributed by atoms with van der Waals surface area (Å²) >= 11 is 0. The summed E-state index contributed by atoms with van der Waals surface area (Å²) in [5.74, 6) is -1.07. The normalized spacial score (nSPS) is 30.2. The summed E-state index contributed by atoms with van der Waals surface area (Å²) in [6.07, 6.45) is 0.161. The molecule has 1 fully saturated rings. The van der Waals surface area contributed by atoms with Crippen LogP contribution in [0, 0.1) is 5.92 Å². The molecule has 1 aromatic rings. The minimum atomic E-state index is -1.01. The quantitative estimate of drug-likeness (QED) is 0.597. The lowest BCUT2D eigenvalue weighted by Crippen LogP contribution is -2.40. The second-order valence-electron chi connectivity index (χ2n) is 8.35. The maximum atomic E-state index is 12.8. The molecule has 1 aromatic heterocycles. The Hall–Kier alpha value is -2.64. The molecule has 7 heteroatoms. The van der Waals surface area contributed by atoms with Crippen LogP contribution in [0.25, 0.3) is 0 Å². The first-order valence-corrected chi connectivity index (χ1v) is 9.85. The summed E-state index contributed by atoms with van der Waals surface area (Å²) in [5, 5.41) is 11.0. The van der Waals surface area contributed by atoms with Gasteiger partial charge in [-0.05, 0) is 40.1 Å². The molecule has 4 bridgehead atoms. The van der Waals surface area contributed by atoms with E-state index in [4.69, 9.17) is 13.9 Å². The van der Waals surface area contributed by atoms with Crippen molar-refractivity contribution < 1.29 is 28.6 Å². The number of methoxy groups -OCH3 is 1. The van der Waals surface area contributed by atoms with Crippen LogP contribution < -0.4 is 0 Å². The number of aliphatic hydroxyl groups excluding tert-OH is 1. The third-order valence-corrected chi connectivity index (χ3v) is 5.87. The molecule has 0 amide bonds. The van der Waals surface area contributed by atoms with Gasteiger partial charge in [0, 0.05) is 12.3 Å². The van der Waals surface area contributed by atoms with E-state index >= 15 is 0 Å². The van der Waals surface area contributed by atoms with Gasteiger partial charge in [0.25, 0.3) is 0 Å². The van der Waals surface area contributed by atoms with Gasteiger partial charge in [-0.3, -0.25) is 4.90 Å². The number of carbonyl (C=O) groups is 2. The molecule has 0 aliphatic carbocycles. The number of esters is 2. The SMILES string of the molecule is C=C(C)[C@H]1Cc2oc(cc2C(=O)OC)[C@H](C(=C)C)[C@@H]2OC(=O)/C(=C\[C@@H]1O)[C@@H]2N(C)C. The van der Waals surface area contributed by atoms with Gasteiger partial charge in [-0.15, -0.1) is 0 Å². The largest absolute Gasteiger partial charge is 0.465 e. The first-order valence-electron chi connectivity index (χ1n) is 9.85. The molecule has 0 unspecified atom stereocenters. The number of ether oxygens (including phenoxy) is 2. The summed E-state index contributed by atoms with van der Waals surface area (Å²) < 4.78 is 16.8. The summed E-state index contributed by atoms with van der Waals surface area (Å²) in [5.41, 5.74) is 2.12. The van der Waals surface area contributed by atoms with Gasteiger partial charge in [-0.1, -0.05) is 24.3 Å². The lowest BCUT2D eigenvalue weighted by atomic mass is 9.84. The van der Waals surface area contributed by atoms with Gasteiger partial charge in [0.15, 0.2) is 0 Å². The van der Waals surface area contributed by atoms with Crippen LogP contribution in [0.1, 0.15) is 41.6 Å². The van der Waals surface area contributed by atoms with Crippen LogP contribution in [0.3, 0.4) is 0 Å². The highest BCUT2D eigenvalue weighted by molar-refractivity contribution is 5.93. The lowest BCUT2D eigenvalue weighted by Gasteiger charge is -2.30. The van der Waals surface area contributed by atoms with Crippen LogP contribution in [-0.2, 0) is 20.7 Å². The molecular formula is C23H29NO6. The predicted molar refractivity (Wildman–Crippen MR) is 111 cm³/mol. The number of furan rings is 1. The van der Waals surface area contributed by atoms with E-state index in [0.717, 1.165) is 5.57 Å². The van der Waals surface area contributed by atoms with E-state index in [9.17, 15) is 14.7 Å². The van der Waals surface area contributed by atoms with Gasteiger partial charge in [-0.2, -0.15) is 0 Å². The van der Waals surface area contributed by atoms with Crippen LogP contribution in [0.2, 0.25) is 0 Å². The summed E-state index contributed by atoms with van der Waals surface area (Å²) in [6, 6.07) is 1.21. The monoisotopic (exact) mass is 415 g/mol. The fraction of sp³-hybridized carbons (Fsp3) is 0.478. The Morgan fingerprint density at radius 3 is 2.47 bits per heavy atom. The zero-order valence-electron chi connectivity index (χ0n) is 18.1. The Kier molecular flexibility index (Phi) is 6.06. The van der Waals surface area contributed by atoms with E-state index in [1.165, 1.54) is 7.11 Å². The summed E-state index contributed by atoms with van der Waals surface area (Å²) in [4.78, 5) is 27.1. The average molecular weight is 415 g/mol. The van der Waals surface area contributed by atoms with Crippen molar-refractivity contribution in [3.05, 3.63) is 59.1 Å². The lowest BCUT2D eigenvalue weighted by molar-refractivity contribution is -0.140. The van der Waals surface area contributed by atoms with Crippen molar-refractivity contribution in [2.45, 2.75) is 44.4 Å². The number of rotatable bonds is 4. The third-order valence-electron chi connectivity index (χ3n) is 5.87. The van der Waals surface area contributed by atoms with Crippen molar-refractivity contribution in [3.63, 3.8) is 0 Å². The number of hydrogen-bond donors (Lipinski definition) is 1. The zero-order valence-corrected chi connectivity index (χ0v) is 18.1. The molecular weight excluding hydrogens is 386 g/mol. The van der Waals surface area contributed by atoms with E-state index in [1.54, 1.807) is 19.1 Å². The maximum absolute atomic E-state index is 12.8. The molecule has 3 heterocycles. The minimum absolute atomic E-state index is 0.236. The highest BCUT2D eigenvalue weighted by Gasteiger charge is 2.48. The van der Waals surface area contributed by atoms with Crippen LogP contribution in [0.15, 0.2) is 46.4 Å². The van der Waals surface area contributed by atoms with Gasteiger partial charge in [0.2, 0.25) is 0 Å². The molecule has 0 saturated carbocycles. The number of carbonyl (C=O) groups excluding carboxylic acids is 2. The minimum Gasteiger partial charge on any atom is -0.465 e. The second-order valence-corrected chi connectivity index (χ2v) is 8.35. The number of aliphatic hydroxyl groups is 1. The fourth-order valence-corrected chi connectivity index (χ4v) is 4.35. The second kappa shape index (κ2) is 8.24. The molecule has 7 nitrogen and oxygen atoms in total.